The second-order valence-electron chi connectivity index (χ2n) is 4.29. The molecule has 0 unspecified atom stereocenters. The summed E-state index contributed by atoms with van der Waals surface area (Å²) in [5.41, 5.74) is 2.46. The van der Waals surface area contributed by atoms with Crippen molar-refractivity contribution in [3.63, 3.8) is 0 Å². The average molecular weight is 283 g/mol. The molecule has 6 nitrogen and oxygen atoms in total. The number of rotatable bonds is 4. The van der Waals surface area contributed by atoms with Crippen LogP contribution in [0.3, 0.4) is 0 Å². The molecule has 0 radical (unpaired) electrons. The zero-order chi connectivity index (χ0) is 15.2. The normalized spacial score (nSPS) is 10.5. The largest absolute Gasteiger partial charge is 0.478 e. The van der Waals surface area contributed by atoms with Crippen LogP contribution in [0.5, 0.6) is 0 Å². The van der Waals surface area contributed by atoms with Gasteiger partial charge in [0.25, 0.3) is 5.91 Å². The van der Waals surface area contributed by atoms with Crippen molar-refractivity contribution < 1.29 is 14.7 Å². The van der Waals surface area contributed by atoms with E-state index >= 15 is 0 Å². The average Bonchev–Trinajstić information content (AvgIpc) is 2.47. The van der Waals surface area contributed by atoms with Gasteiger partial charge in [0, 0.05) is 24.2 Å². The highest BCUT2D eigenvalue weighted by Crippen LogP contribution is 2.17. The smallest absolute Gasteiger partial charge is 0.328 e. The summed E-state index contributed by atoms with van der Waals surface area (Å²) in [5.74, 6) is -1.36. The first-order valence-corrected chi connectivity index (χ1v) is 6.15. The van der Waals surface area contributed by atoms with Crippen LogP contribution in [0.15, 0.2) is 42.9 Å². The van der Waals surface area contributed by atoms with Crippen molar-refractivity contribution in [3.05, 3.63) is 59.7 Å². The molecule has 0 bridgehead atoms. The van der Waals surface area contributed by atoms with E-state index in [0.29, 0.717) is 5.69 Å². The lowest BCUT2D eigenvalue weighted by molar-refractivity contribution is -0.131. The van der Waals surface area contributed by atoms with Crippen molar-refractivity contribution in [2.24, 2.45) is 0 Å². The van der Waals surface area contributed by atoms with E-state index in [1.807, 2.05) is 6.92 Å². The van der Waals surface area contributed by atoms with Gasteiger partial charge in [-0.2, -0.15) is 0 Å². The maximum atomic E-state index is 11.9. The second-order valence-corrected chi connectivity index (χ2v) is 4.29. The summed E-state index contributed by atoms with van der Waals surface area (Å²) in [4.78, 5) is 30.2. The van der Waals surface area contributed by atoms with Crippen molar-refractivity contribution in [3.8, 4) is 0 Å². The van der Waals surface area contributed by atoms with E-state index in [1.54, 1.807) is 18.2 Å². The fourth-order valence-corrected chi connectivity index (χ4v) is 1.71. The van der Waals surface area contributed by atoms with Crippen LogP contribution in [-0.4, -0.2) is 27.0 Å². The Labute approximate surface area is 121 Å². The number of aliphatic carboxylic acids is 1. The molecule has 2 rings (SSSR count). The molecule has 6 heteroatoms. The zero-order valence-electron chi connectivity index (χ0n) is 11.3. The second kappa shape index (κ2) is 6.42. The third kappa shape index (κ3) is 3.97. The highest BCUT2D eigenvalue weighted by Gasteiger charge is 2.07. The number of carbonyl (C=O) groups excluding carboxylic acids is 1. The lowest BCUT2D eigenvalue weighted by atomic mass is 10.1. The van der Waals surface area contributed by atoms with Gasteiger partial charge in [0.15, 0.2) is 0 Å². The first-order valence-electron chi connectivity index (χ1n) is 6.15. The van der Waals surface area contributed by atoms with Crippen molar-refractivity contribution in [1.29, 1.82) is 0 Å². The molecule has 1 aromatic heterocycles. The number of hydrogen-bond donors (Lipinski definition) is 2. The molecule has 0 saturated heterocycles. The molecule has 2 N–H and O–H groups in total. The minimum Gasteiger partial charge on any atom is -0.478 e. The summed E-state index contributed by atoms with van der Waals surface area (Å²) >= 11 is 0. The lowest BCUT2D eigenvalue weighted by Crippen LogP contribution is -2.13. The summed E-state index contributed by atoms with van der Waals surface area (Å²) in [6.07, 6.45) is 6.89. The van der Waals surface area contributed by atoms with Gasteiger partial charge in [-0.1, -0.05) is 6.07 Å². The number of hydrogen-bond acceptors (Lipinski definition) is 4. The summed E-state index contributed by atoms with van der Waals surface area (Å²) in [5, 5.41) is 11.3. The number of nitrogens with zero attached hydrogens (tertiary/aromatic N) is 2. The van der Waals surface area contributed by atoms with Crippen LogP contribution in [0.4, 0.5) is 5.69 Å². The molecule has 1 amide bonds. The molecule has 21 heavy (non-hydrogen) atoms. The van der Waals surface area contributed by atoms with E-state index in [0.717, 1.165) is 17.2 Å². The number of amides is 1. The quantitative estimate of drug-likeness (QED) is 0.839. The Kier molecular flexibility index (Phi) is 4.40. The minimum absolute atomic E-state index is 0.227. The van der Waals surface area contributed by atoms with E-state index in [9.17, 15) is 9.59 Å². The predicted octanol–water partition coefficient (Wildman–Crippen LogP) is 2.14. The van der Waals surface area contributed by atoms with Crippen LogP contribution in [0.1, 0.15) is 21.6 Å². The number of aryl methyl sites for hydroxylation is 1. The van der Waals surface area contributed by atoms with Gasteiger partial charge in [-0.05, 0) is 36.3 Å². The molecule has 1 aromatic carbocycles. The Balaban J connectivity index is 2.14. The maximum absolute atomic E-state index is 11.9. The van der Waals surface area contributed by atoms with Crippen LogP contribution < -0.4 is 5.32 Å². The van der Waals surface area contributed by atoms with Crippen LogP contribution in [0.25, 0.3) is 6.08 Å². The number of carboxylic acids is 1. The van der Waals surface area contributed by atoms with Gasteiger partial charge in [0.2, 0.25) is 0 Å². The topological polar surface area (TPSA) is 92.2 Å². The van der Waals surface area contributed by atoms with Crippen molar-refractivity contribution >= 4 is 23.6 Å². The number of nitrogens with one attached hydrogen (secondary N) is 1. The van der Waals surface area contributed by atoms with E-state index < -0.39 is 5.97 Å². The molecule has 0 atom stereocenters. The minimum atomic E-state index is -1.01. The number of anilines is 1. The monoisotopic (exact) mass is 283 g/mol. The maximum Gasteiger partial charge on any atom is 0.328 e. The van der Waals surface area contributed by atoms with Crippen LogP contribution in [-0.2, 0) is 4.79 Å². The van der Waals surface area contributed by atoms with Crippen molar-refractivity contribution in [2.45, 2.75) is 6.92 Å². The van der Waals surface area contributed by atoms with Crippen LogP contribution >= 0.6 is 0 Å². The molecular weight excluding hydrogens is 270 g/mol. The molecule has 1 heterocycles. The fraction of sp³-hybridized carbons (Fsp3) is 0.0667. The lowest BCUT2D eigenvalue weighted by Gasteiger charge is -2.07. The van der Waals surface area contributed by atoms with E-state index in [2.05, 4.69) is 15.3 Å². The Hall–Kier alpha value is -3.02. The Bertz CT molecular complexity index is 697. The number of carbonyl (C=O) groups is 2. The molecule has 2 aromatic rings. The summed E-state index contributed by atoms with van der Waals surface area (Å²) in [7, 11) is 0. The third-order valence-corrected chi connectivity index (χ3v) is 2.73. The SMILES string of the molecule is Cc1cc(NC(=O)c2cnccn2)ccc1C=CC(=O)O. The van der Waals surface area contributed by atoms with Gasteiger partial charge < -0.3 is 10.4 Å². The first-order chi connectivity index (χ1) is 10.1. The molecule has 0 aliphatic rings. The molecule has 106 valence electrons. The Morgan fingerprint density at radius 2 is 2.10 bits per heavy atom. The molecule has 0 aliphatic carbocycles. The Morgan fingerprint density at radius 3 is 2.71 bits per heavy atom. The van der Waals surface area contributed by atoms with E-state index in [1.165, 1.54) is 24.7 Å². The number of aromatic nitrogens is 2. The molecule has 0 aliphatic heterocycles. The Morgan fingerprint density at radius 1 is 1.29 bits per heavy atom. The van der Waals surface area contributed by atoms with Crippen LogP contribution in [0, 0.1) is 6.92 Å². The fourth-order valence-electron chi connectivity index (χ4n) is 1.71. The number of benzene rings is 1. The predicted molar refractivity (Wildman–Crippen MR) is 77.8 cm³/mol. The van der Waals surface area contributed by atoms with Gasteiger partial charge in [-0.3, -0.25) is 9.78 Å². The van der Waals surface area contributed by atoms with Gasteiger partial charge in [0.05, 0.1) is 6.20 Å². The highest BCUT2D eigenvalue weighted by molar-refractivity contribution is 6.02. The first kappa shape index (κ1) is 14.4. The molecule has 0 fully saturated rings. The summed E-state index contributed by atoms with van der Waals surface area (Å²) < 4.78 is 0. The summed E-state index contributed by atoms with van der Waals surface area (Å²) in [6, 6.07) is 5.19. The number of carboxylic acid groups (broad SMARTS) is 1. The van der Waals surface area contributed by atoms with Crippen molar-refractivity contribution in [1.82, 2.24) is 9.97 Å². The van der Waals surface area contributed by atoms with Crippen LogP contribution in [0.2, 0.25) is 0 Å². The van der Waals surface area contributed by atoms with Gasteiger partial charge in [0.1, 0.15) is 5.69 Å². The molecule has 0 spiro atoms. The standard InChI is InChI=1S/C15H13N3O3/c1-10-8-12(4-2-11(10)3-5-14(19)20)18-15(21)13-9-16-6-7-17-13/h2-9H,1H3,(H,18,21)(H,19,20). The van der Waals surface area contributed by atoms with Crippen molar-refractivity contribution in [2.75, 3.05) is 5.32 Å². The summed E-state index contributed by atoms with van der Waals surface area (Å²) in [6.45, 7) is 1.83. The third-order valence-electron chi connectivity index (χ3n) is 2.73. The molecular formula is C15H13N3O3. The van der Waals surface area contributed by atoms with E-state index in [-0.39, 0.29) is 11.6 Å². The highest BCUT2D eigenvalue weighted by atomic mass is 16.4. The zero-order valence-corrected chi connectivity index (χ0v) is 11.3. The molecule has 0 saturated carbocycles. The van der Waals surface area contributed by atoms with Gasteiger partial charge >= 0.3 is 5.97 Å². The van der Waals surface area contributed by atoms with Gasteiger partial charge in [-0.25, -0.2) is 9.78 Å². The van der Waals surface area contributed by atoms with E-state index in [4.69, 9.17) is 5.11 Å². The van der Waals surface area contributed by atoms with Gasteiger partial charge in [-0.15, -0.1) is 0 Å².